The highest BCUT2D eigenvalue weighted by atomic mass is 19.1. The van der Waals surface area contributed by atoms with Crippen LogP contribution in [0, 0.1) is 11.6 Å². The van der Waals surface area contributed by atoms with Gasteiger partial charge in [-0.3, -0.25) is 4.90 Å². The van der Waals surface area contributed by atoms with Crippen LogP contribution in [0.5, 0.6) is 0 Å². The first kappa shape index (κ1) is 36.3. The van der Waals surface area contributed by atoms with Gasteiger partial charge in [0.15, 0.2) is 6.29 Å². The number of benzene rings is 4. The molecular weight excluding hydrogens is 637 g/mol. The summed E-state index contributed by atoms with van der Waals surface area (Å²) in [5.41, 5.74) is 2.45. The second kappa shape index (κ2) is 17.6. The number of nitrogens with one attached hydrogen (secondary N) is 1. The fraction of sp³-hybridized carbons (Fsp3) is 0.429. The van der Waals surface area contributed by atoms with Crippen LogP contribution in [-0.2, 0) is 40.3 Å². The van der Waals surface area contributed by atoms with Gasteiger partial charge in [-0.15, -0.1) is 0 Å². The molecule has 50 heavy (non-hydrogen) atoms. The summed E-state index contributed by atoms with van der Waals surface area (Å²) in [7, 11) is 0. The normalized spacial score (nSPS) is 21.9. The molecule has 8 heteroatoms. The maximum atomic E-state index is 15.5. The number of hydrogen-bond acceptors (Lipinski definition) is 5. The summed E-state index contributed by atoms with van der Waals surface area (Å²) in [6.45, 7) is 3.75. The Labute approximate surface area is 294 Å². The van der Waals surface area contributed by atoms with E-state index in [0.29, 0.717) is 44.5 Å². The molecule has 1 aliphatic carbocycles. The fourth-order valence-electron chi connectivity index (χ4n) is 7.36. The Morgan fingerprint density at radius 2 is 1.34 bits per heavy atom. The Morgan fingerprint density at radius 3 is 1.90 bits per heavy atom. The minimum absolute atomic E-state index is 0.0119. The third kappa shape index (κ3) is 10.3. The number of hydrogen-bond donors (Lipinski definition) is 1. The number of halogens is 3. The smallest absolute Gasteiger partial charge is 0.172 e. The molecule has 1 aliphatic heterocycles. The van der Waals surface area contributed by atoms with Crippen LogP contribution < -0.4 is 5.32 Å². The molecule has 4 aromatic rings. The quantitative estimate of drug-likeness (QED) is 0.136. The Kier molecular flexibility index (Phi) is 12.8. The maximum Gasteiger partial charge on any atom is 0.172 e. The summed E-state index contributed by atoms with van der Waals surface area (Å²) in [6, 6.07) is 33.2. The van der Waals surface area contributed by atoms with Gasteiger partial charge in [0.25, 0.3) is 0 Å². The van der Waals surface area contributed by atoms with E-state index < -0.39 is 29.7 Å². The van der Waals surface area contributed by atoms with Gasteiger partial charge in [-0.25, -0.2) is 13.2 Å². The fourth-order valence-corrected chi connectivity index (χ4v) is 7.36. The third-order valence-corrected chi connectivity index (χ3v) is 9.94. The summed E-state index contributed by atoms with van der Waals surface area (Å²) in [6.07, 6.45) is 3.07. The zero-order chi connectivity index (χ0) is 34.8. The molecule has 0 unspecified atom stereocenters. The van der Waals surface area contributed by atoms with Crippen molar-refractivity contribution in [3.63, 3.8) is 0 Å². The Hall–Kier alpha value is -3.53. The molecule has 5 nitrogen and oxygen atoms in total. The van der Waals surface area contributed by atoms with Gasteiger partial charge in [-0.2, -0.15) is 0 Å². The average Bonchev–Trinajstić information content (AvgIpc) is 3.12. The first-order chi connectivity index (χ1) is 24.3. The largest absolute Gasteiger partial charge is 0.370 e. The van der Waals surface area contributed by atoms with Gasteiger partial charge in [0, 0.05) is 25.2 Å². The molecule has 0 aromatic heterocycles. The van der Waals surface area contributed by atoms with Crippen molar-refractivity contribution in [3.8, 4) is 0 Å². The maximum absolute atomic E-state index is 15.5. The minimum atomic E-state index is -1.32. The molecule has 266 valence electrons. The summed E-state index contributed by atoms with van der Waals surface area (Å²) >= 11 is 0. The summed E-state index contributed by atoms with van der Waals surface area (Å²) in [4.78, 5) is 2.34. The summed E-state index contributed by atoms with van der Waals surface area (Å²) < 4.78 is 64.1. The summed E-state index contributed by atoms with van der Waals surface area (Å²) in [5.74, 6) is -1.23. The lowest BCUT2D eigenvalue weighted by Gasteiger charge is -2.45. The molecule has 1 saturated carbocycles. The molecule has 1 N–H and O–H groups in total. The number of alkyl halides is 1. The first-order valence-corrected chi connectivity index (χ1v) is 17.9. The standard InChI is InChI=1S/C42H49F3N2O3/c1-31-41(50-30-42(45)20-12-5-13-21-42)49-29-38(46-31)40(48-28-34-18-10-4-11-19-34)39(24-35-22-36(43)25-37(44)23-35)47(26-32-14-6-2-7-15-32)27-33-16-8-3-9-17-33/h2-4,6-11,14-19,22-23,25,31,38-41,46H,5,12-13,20-21,24,26-30H2,1H3/t31-,38+,39-,40-,41-/m0/s1. The Balaban J connectivity index is 1.32. The molecule has 0 bridgehead atoms. The molecule has 0 radical (unpaired) electrons. The van der Waals surface area contributed by atoms with Crippen LogP contribution in [0.2, 0.25) is 0 Å². The van der Waals surface area contributed by atoms with Crippen LogP contribution in [0.1, 0.15) is 61.3 Å². The van der Waals surface area contributed by atoms with Gasteiger partial charge in [-0.05, 0) is 60.6 Å². The highest BCUT2D eigenvalue weighted by Gasteiger charge is 2.41. The van der Waals surface area contributed by atoms with Gasteiger partial charge in [0.1, 0.15) is 17.3 Å². The molecule has 5 atom stereocenters. The molecule has 0 spiro atoms. The highest BCUT2D eigenvalue weighted by Crippen LogP contribution is 2.33. The molecule has 1 saturated heterocycles. The molecule has 0 amide bonds. The lowest BCUT2D eigenvalue weighted by molar-refractivity contribution is -0.213. The van der Waals surface area contributed by atoms with Crippen molar-refractivity contribution in [1.82, 2.24) is 10.2 Å². The predicted molar refractivity (Wildman–Crippen MR) is 190 cm³/mol. The van der Waals surface area contributed by atoms with E-state index in [1.54, 1.807) is 0 Å². The van der Waals surface area contributed by atoms with E-state index in [2.05, 4.69) is 34.5 Å². The van der Waals surface area contributed by atoms with Crippen molar-refractivity contribution in [2.45, 2.75) is 101 Å². The zero-order valence-corrected chi connectivity index (χ0v) is 28.9. The van der Waals surface area contributed by atoms with E-state index in [1.807, 2.05) is 73.7 Å². The lowest BCUT2D eigenvalue weighted by Crippen LogP contribution is -2.63. The Bertz CT molecular complexity index is 1530. The molecule has 4 aromatic carbocycles. The zero-order valence-electron chi connectivity index (χ0n) is 28.9. The van der Waals surface area contributed by atoms with Gasteiger partial charge < -0.3 is 19.5 Å². The van der Waals surface area contributed by atoms with E-state index in [-0.39, 0.29) is 31.3 Å². The van der Waals surface area contributed by atoms with Gasteiger partial charge >= 0.3 is 0 Å². The second-order valence-electron chi connectivity index (χ2n) is 14.0. The number of nitrogens with zero attached hydrogens (tertiary/aromatic N) is 1. The third-order valence-electron chi connectivity index (χ3n) is 9.94. The molecular formula is C42H49F3N2O3. The van der Waals surface area contributed by atoms with Crippen LogP contribution in [0.3, 0.4) is 0 Å². The van der Waals surface area contributed by atoms with Crippen LogP contribution >= 0.6 is 0 Å². The van der Waals surface area contributed by atoms with E-state index in [0.717, 1.165) is 42.0 Å². The van der Waals surface area contributed by atoms with Crippen LogP contribution in [0.25, 0.3) is 0 Å². The van der Waals surface area contributed by atoms with Crippen LogP contribution in [0.4, 0.5) is 13.2 Å². The van der Waals surface area contributed by atoms with Crippen molar-refractivity contribution >= 4 is 0 Å². The van der Waals surface area contributed by atoms with Crippen molar-refractivity contribution in [2.75, 3.05) is 13.2 Å². The van der Waals surface area contributed by atoms with Crippen molar-refractivity contribution in [2.24, 2.45) is 0 Å². The van der Waals surface area contributed by atoms with E-state index >= 15 is 4.39 Å². The number of morpholine rings is 1. The first-order valence-electron chi connectivity index (χ1n) is 17.9. The molecule has 1 heterocycles. The lowest BCUT2D eigenvalue weighted by atomic mass is 9.87. The van der Waals surface area contributed by atoms with E-state index in [9.17, 15) is 8.78 Å². The highest BCUT2D eigenvalue weighted by molar-refractivity contribution is 5.22. The number of ether oxygens (including phenoxy) is 3. The molecule has 2 aliphatic rings. The van der Waals surface area contributed by atoms with E-state index in [1.165, 1.54) is 12.1 Å². The Morgan fingerprint density at radius 1 is 0.780 bits per heavy atom. The number of rotatable bonds is 15. The van der Waals surface area contributed by atoms with Crippen molar-refractivity contribution < 1.29 is 27.4 Å². The molecule has 6 rings (SSSR count). The van der Waals surface area contributed by atoms with Gasteiger partial charge in [-0.1, -0.05) is 110 Å². The topological polar surface area (TPSA) is 43.0 Å². The predicted octanol–water partition coefficient (Wildman–Crippen LogP) is 8.56. The summed E-state index contributed by atoms with van der Waals surface area (Å²) in [5, 5.41) is 3.70. The van der Waals surface area contributed by atoms with Gasteiger partial charge in [0.05, 0.1) is 38.0 Å². The average molecular weight is 687 g/mol. The van der Waals surface area contributed by atoms with E-state index in [4.69, 9.17) is 14.2 Å². The molecule has 2 fully saturated rings. The van der Waals surface area contributed by atoms with Crippen molar-refractivity contribution in [1.29, 1.82) is 0 Å². The van der Waals surface area contributed by atoms with Crippen LogP contribution in [-0.4, -0.2) is 54.3 Å². The van der Waals surface area contributed by atoms with Gasteiger partial charge in [0.2, 0.25) is 0 Å². The second-order valence-corrected chi connectivity index (χ2v) is 14.0. The SMILES string of the molecule is C[C@@H]1N[C@@H]([C@H](OCc2ccccc2)[C@H](Cc2cc(F)cc(F)c2)N(Cc2ccccc2)Cc2ccccc2)CO[C@H]1OCC1(F)CCCCC1. The monoisotopic (exact) mass is 686 g/mol. The van der Waals surface area contributed by atoms with Crippen molar-refractivity contribution in [3.05, 3.63) is 143 Å². The minimum Gasteiger partial charge on any atom is -0.370 e. The van der Waals surface area contributed by atoms with Crippen LogP contribution in [0.15, 0.2) is 109 Å².